The molecular formula is C15H20BrN3O2. The Morgan fingerprint density at radius 2 is 2.05 bits per heavy atom. The molecule has 0 saturated carbocycles. The van der Waals surface area contributed by atoms with E-state index in [9.17, 15) is 9.59 Å². The number of piperidine rings is 1. The molecule has 2 atom stereocenters. The first-order chi connectivity index (χ1) is 10.1. The van der Waals surface area contributed by atoms with Crippen LogP contribution in [0.4, 0.5) is 0 Å². The van der Waals surface area contributed by atoms with Crippen molar-refractivity contribution >= 4 is 27.7 Å². The average molecular weight is 354 g/mol. The van der Waals surface area contributed by atoms with Crippen LogP contribution >= 0.6 is 15.9 Å². The summed E-state index contributed by atoms with van der Waals surface area (Å²) >= 11 is 3.32. The SMILES string of the molecule is CC(NC(=O)c1ccc(Br)cc1)C(=O)N[C@H]1CCCNC1. The van der Waals surface area contributed by atoms with E-state index in [2.05, 4.69) is 31.9 Å². The van der Waals surface area contributed by atoms with E-state index in [1.807, 2.05) is 0 Å². The molecule has 0 spiro atoms. The third-order valence-corrected chi connectivity index (χ3v) is 4.02. The molecule has 1 saturated heterocycles. The fraction of sp³-hybridized carbons (Fsp3) is 0.467. The molecule has 0 bridgehead atoms. The van der Waals surface area contributed by atoms with Crippen molar-refractivity contribution in [1.29, 1.82) is 0 Å². The van der Waals surface area contributed by atoms with Gasteiger partial charge in [0.1, 0.15) is 6.04 Å². The molecule has 1 aliphatic rings. The van der Waals surface area contributed by atoms with E-state index < -0.39 is 6.04 Å². The van der Waals surface area contributed by atoms with Crippen molar-refractivity contribution < 1.29 is 9.59 Å². The highest BCUT2D eigenvalue weighted by Crippen LogP contribution is 2.10. The summed E-state index contributed by atoms with van der Waals surface area (Å²) in [4.78, 5) is 24.1. The summed E-state index contributed by atoms with van der Waals surface area (Å²) < 4.78 is 0.912. The number of benzene rings is 1. The van der Waals surface area contributed by atoms with Gasteiger partial charge in [-0.2, -0.15) is 0 Å². The van der Waals surface area contributed by atoms with Crippen LogP contribution in [0.1, 0.15) is 30.1 Å². The van der Waals surface area contributed by atoms with Gasteiger partial charge in [-0.05, 0) is 50.6 Å². The normalized spacial score (nSPS) is 19.6. The first-order valence-corrected chi connectivity index (χ1v) is 7.93. The Balaban J connectivity index is 1.84. The van der Waals surface area contributed by atoms with Gasteiger partial charge in [-0.25, -0.2) is 0 Å². The van der Waals surface area contributed by atoms with Gasteiger partial charge in [0.15, 0.2) is 0 Å². The average Bonchev–Trinajstić information content (AvgIpc) is 2.48. The summed E-state index contributed by atoms with van der Waals surface area (Å²) in [6, 6.07) is 6.63. The number of halogens is 1. The van der Waals surface area contributed by atoms with Gasteiger partial charge < -0.3 is 16.0 Å². The number of hydrogen-bond donors (Lipinski definition) is 3. The van der Waals surface area contributed by atoms with Crippen molar-refractivity contribution in [3.8, 4) is 0 Å². The number of carbonyl (C=O) groups excluding carboxylic acids is 2. The van der Waals surface area contributed by atoms with E-state index in [4.69, 9.17) is 0 Å². The van der Waals surface area contributed by atoms with Crippen molar-refractivity contribution in [2.75, 3.05) is 13.1 Å². The maximum absolute atomic E-state index is 12.1. The van der Waals surface area contributed by atoms with Gasteiger partial charge in [0.05, 0.1) is 0 Å². The van der Waals surface area contributed by atoms with Gasteiger partial charge in [0.2, 0.25) is 5.91 Å². The van der Waals surface area contributed by atoms with E-state index in [1.165, 1.54) is 0 Å². The molecule has 1 fully saturated rings. The summed E-state index contributed by atoms with van der Waals surface area (Å²) in [6.45, 7) is 3.49. The molecule has 0 radical (unpaired) electrons. The van der Waals surface area contributed by atoms with Gasteiger partial charge in [0, 0.05) is 22.6 Å². The molecule has 0 aliphatic carbocycles. The van der Waals surface area contributed by atoms with Crippen LogP contribution in [0, 0.1) is 0 Å². The zero-order valence-electron chi connectivity index (χ0n) is 12.0. The zero-order chi connectivity index (χ0) is 15.2. The van der Waals surface area contributed by atoms with Crippen LogP contribution in [0.5, 0.6) is 0 Å². The van der Waals surface area contributed by atoms with Gasteiger partial charge in [-0.1, -0.05) is 15.9 Å². The van der Waals surface area contributed by atoms with Crippen LogP contribution in [0.15, 0.2) is 28.7 Å². The fourth-order valence-electron chi connectivity index (χ4n) is 2.25. The highest BCUT2D eigenvalue weighted by molar-refractivity contribution is 9.10. The maximum Gasteiger partial charge on any atom is 0.251 e. The quantitative estimate of drug-likeness (QED) is 0.766. The minimum Gasteiger partial charge on any atom is -0.350 e. The molecule has 1 unspecified atom stereocenters. The summed E-state index contributed by atoms with van der Waals surface area (Å²) in [5.41, 5.74) is 0.539. The predicted molar refractivity (Wildman–Crippen MR) is 85.1 cm³/mol. The first kappa shape index (κ1) is 16.0. The Morgan fingerprint density at radius 1 is 1.33 bits per heavy atom. The Morgan fingerprint density at radius 3 is 2.67 bits per heavy atom. The number of rotatable bonds is 4. The highest BCUT2D eigenvalue weighted by atomic mass is 79.9. The molecule has 5 nitrogen and oxygen atoms in total. The van der Waals surface area contributed by atoms with E-state index in [-0.39, 0.29) is 17.9 Å². The van der Waals surface area contributed by atoms with Gasteiger partial charge in [-0.15, -0.1) is 0 Å². The molecule has 6 heteroatoms. The minimum absolute atomic E-state index is 0.144. The lowest BCUT2D eigenvalue weighted by Gasteiger charge is -2.25. The Kier molecular flexibility index (Phi) is 5.76. The maximum atomic E-state index is 12.1. The van der Waals surface area contributed by atoms with Crippen molar-refractivity contribution in [2.45, 2.75) is 31.8 Å². The Bertz CT molecular complexity index is 498. The van der Waals surface area contributed by atoms with Crippen molar-refractivity contribution in [3.63, 3.8) is 0 Å². The largest absolute Gasteiger partial charge is 0.350 e. The van der Waals surface area contributed by atoms with Crippen LogP contribution in [-0.2, 0) is 4.79 Å². The third-order valence-electron chi connectivity index (χ3n) is 3.49. The van der Waals surface area contributed by atoms with E-state index in [0.717, 1.165) is 30.4 Å². The van der Waals surface area contributed by atoms with Crippen LogP contribution in [-0.4, -0.2) is 37.0 Å². The van der Waals surface area contributed by atoms with Gasteiger partial charge in [-0.3, -0.25) is 9.59 Å². The molecular weight excluding hydrogens is 334 g/mol. The van der Waals surface area contributed by atoms with Crippen molar-refractivity contribution in [2.24, 2.45) is 0 Å². The van der Waals surface area contributed by atoms with E-state index >= 15 is 0 Å². The molecule has 2 rings (SSSR count). The molecule has 114 valence electrons. The lowest BCUT2D eigenvalue weighted by molar-refractivity contribution is -0.123. The molecule has 3 N–H and O–H groups in total. The summed E-state index contributed by atoms with van der Waals surface area (Å²) in [6.07, 6.45) is 2.04. The van der Waals surface area contributed by atoms with Crippen LogP contribution < -0.4 is 16.0 Å². The highest BCUT2D eigenvalue weighted by Gasteiger charge is 2.21. The minimum atomic E-state index is -0.553. The van der Waals surface area contributed by atoms with Crippen molar-refractivity contribution in [1.82, 2.24) is 16.0 Å². The molecule has 1 heterocycles. The Hall–Kier alpha value is -1.40. The predicted octanol–water partition coefficient (Wildman–Crippen LogP) is 1.44. The Labute approximate surface area is 133 Å². The number of nitrogens with one attached hydrogen (secondary N) is 3. The van der Waals surface area contributed by atoms with Gasteiger partial charge in [0.25, 0.3) is 5.91 Å². The monoisotopic (exact) mass is 353 g/mol. The van der Waals surface area contributed by atoms with E-state index in [1.54, 1.807) is 31.2 Å². The molecule has 1 aromatic rings. The summed E-state index contributed by atoms with van der Waals surface area (Å²) in [7, 11) is 0. The van der Waals surface area contributed by atoms with Crippen molar-refractivity contribution in [3.05, 3.63) is 34.3 Å². The molecule has 21 heavy (non-hydrogen) atoms. The lowest BCUT2D eigenvalue weighted by atomic mass is 10.1. The number of carbonyl (C=O) groups is 2. The molecule has 0 aromatic heterocycles. The third kappa shape index (κ3) is 4.82. The van der Waals surface area contributed by atoms with Crippen LogP contribution in [0.3, 0.4) is 0 Å². The lowest BCUT2D eigenvalue weighted by Crippen LogP contribution is -2.52. The topological polar surface area (TPSA) is 70.2 Å². The summed E-state index contributed by atoms with van der Waals surface area (Å²) in [5, 5.41) is 8.92. The zero-order valence-corrected chi connectivity index (χ0v) is 13.6. The van der Waals surface area contributed by atoms with Crippen LogP contribution in [0.2, 0.25) is 0 Å². The molecule has 1 aromatic carbocycles. The van der Waals surface area contributed by atoms with E-state index in [0.29, 0.717) is 5.56 Å². The van der Waals surface area contributed by atoms with Gasteiger partial charge >= 0.3 is 0 Å². The number of hydrogen-bond acceptors (Lipinski definition) is 3. The second-order valence-corrected chi connectivity index (χ2v) is 6.17. The standard InChI is InChI=1S/C15H20BrN3O2/c1-10(14(20)19-13-3-2-8-17-9-13)18-15(21)11-4-6-12(16)7-5-11/h4-7,10,13,17H,2-3,8-9H2,1H3,(H,18,21)(H,19,20)/t10?,13-/m0/s1. The second-order valence-electron chi connectivity index (χ2n) is 5.25. The second kappa shape index (κ2) is 7.56. The number of amides is 2. The van der Waals surface area contributed by atoms with Crippen LogP contribution in [0.25, 0.3) is 0 Å². The smallest absolute Gasteiger partial charge is 0.251 e. The molecule has 1 aliphatic heterocycles. The fourth-order valence-corrected chi connectivity index (χ4v) is 2.51. The first-order valence-electron chi connectivity index (χ1n) is 7.14. The summed E-state index contributed by atoms with van der Waals surface area (Å²) in [5.74, 6) is -0.388. The molecule has 2 amide bonds.